The predicted octanol–water partition coefficient (Wildman–Crippen LogP) is 0.868. The van der Waals surface area contributed by atoms with Crippen LogP contribution >= 0.6 is 0 Å². The van der Waals surface area contributed by atoms with Crippen LogP contribution in [0.5, 0.6) is 0 Å². The Kier molecular flexibility index (Phi) is 1.92. The lowest BCUT2D eigenvalue weighted by molar-refractivity contribution is -0.150. The first-order chi connectivity index (χ1) is 4.91. The Morgan fingerprint density at radius 2 is 1.91 bits per heavy atom. The predicted molar refractivity (Wildman–Crippen MR) is 40.1 cm³/mol. The average Bonchev–Trinajstić information content (AvgIpc) is 1.51. The second kappa shape index (κ2) is 2.48. The van der Waals surface area contributed by atoms with Gasteiger partial charge in [-0.15, -0.1) is 0 Å². The van der Waals surface area contributed by atoms with Crippen molar-refractivity contribution < 1.29 is 15.0 Å². The zero-order valence-electron chi connectivity index (χ0n) is 6.87. The molecule has 2 N–H and O–H groups in total. The lowest BCUT2D eigenvalue weighted by atomic mass is 9.67. The molecule has 3 nitrogen and oxygen atoms in total. The minimum Gasteiger partial charge on any atom is -0.481 e. The van der Waals surface area contributed by atoms with E-state index >= 15 is 0 Å². The van der Waals surface area contributed by atoms with Gasteiger partial charge in [0, 0.05) is 0 Å². The maximum atomic E-state index is 10.4. The van der Waals surface area contributed by atoms with Gasteiger partial charge in [0.2, 0.25) is 0 Å². The second-order valence-electron chi connectivity index (χ2n) is 3.86. The molecule has 0 radical (unpaired) electrons. The number of hydrogen-bond donors (Lipinski definition) is 2. The molecule has 0 aromatic heterocycles. The maximum Gasteiger partial charge on any atom is 0.306 e. The normalized spacial score (nSPS) is 31.2. The van der Waals surface area contributed by atoms with Crippen LogP contribution in [-0.2, 0) is 4.79 Å². The number of aliphatic hydroxyl groups is 1. The summed E-state index contributed by atoms with van der Waals surface area (Å²) in [5, 5.41) is 18.0. The first-order valence-electron chi connectivity index (χ1n) is 3.86. The third-order valence-corrected chi connectivity index (χ3v) is 2.49. The van der Waals surface area contributed by atoms with Gasteiger partial charge in [0.25, 0.3) is 0 Å². The summed E-state index contributed by atoms with van der Waals surface area (Å²) in [7, 11) is 0. The molecule has 3 heteroatoms. The number of rotatable bonds is 2. The van der Waals surface area contributed by atoms with Crippen molar-refractivity contribution in [1.82, 2.24) is 0 Å². The van der Waals surface area contributed by atoms with Crippen LogP contribution in [0.3, 0.4) is 0 Å². The molecule has 1 aliphatic carbocycles. The van der Waals surface area contributed by atoms with E-state index in [0.717, 1.165) is 0 Å². The summed E-state index contributed by atoms with van der Waals surface area (Å²) < 4.78 is 0. The van der Waals surface area contributed by atoms with Crippen molar-refractivity contribution in [2.75, 3.05) is 0 Å². The molecule has 0 aromatic carbocycles. The highest BCUT2D eigenvalue weighted by Crippen LogP contribution is 2.40. The van der Waals surface area contributed by atoms with E-state index < -0.39 is 11.6 Å². The Hall–Kier alpha value is -0.570. The molecule has 0 unspecified atom stereocenters. The van der Waals surface area contributed by atoms with Crippen LogP contribution < -0.4 is 0 Å². The standard InChI is InChI=1S/C8H14O3/c1-8(2,11)6-3-5(4-6)7(9)10/h5-6,11H,3-4H2,1-2H3,(H,9,10). The summed E-state index contributed by atoms with van der Waals surface area (Å²) in [5.41, 5.74) is -0.702. The van der Waals surface area contributed by atoms with Gasteiger partial charge in [-0.3, -0.25) is 4.79 Å². The Morgan fingerprint density at radius 1 is 1.45 bits per heavy atom. The van der Waals surface area contributed by atoms with Gasteiger partial charge < -0.3 is 10.2 Å². The van der Waals surface area contributed by atoms with Crippen LogP contribution in [0, 0.1) is 11.8 Å². The first-order valence-corrected chi connectivity index (χ1v) is 3.86. The Morgan fingerprint density at radius 3 is 2.18 bits per heavy atom. The molecule has 1 saturated carbocycles. The van der Waals surface area contributed by atoms with E-state index in [0.29, 0.717) is 12.8 Å². The molecule has 0 bridgehead atoms. The summed E-state index contributed by atoms with van der Waals surface area (Å²) in [6.45, 7) is 3.46. The van der Waals surface area contributed by atoms with Crippen LogP contribution in [0.15, 0.2) is 0 Å². The Balaban J connectivity index is 2.35. The SMILES string of the molecule is CC(C)(O)C1CC(C(=O)O)C1. The molecule has 0 heterocycles. The van der Waals surface area contributed by atoms with E-state index in [9.17, 15) is 9.90 Å². The van der Waals surface area contributed by atoms with Gasteiger partial charge in [0.15, 0.2) is 0 Å². The summed E-state index contributed by atoms with van der Waals surface area (Å²) in [5.74, 6) is -0.777. The number of carbonyl (C=O) groups is 1. The molecule has 1 aliphatic rings. The quantitative estimate of drug-likeness (QED) is 0.627. The summed E-state index contributed by atoms with van der Waals surface area (Å²) in [6, 6.07) is 0. The number of hydrogen-bond acceptors (Lipinski definition) is 2. The molecule has 11 heavy (non-hydrogen) atoms. The van der Waals surface area contributed by atoms with E-state index in [1.807, 2.05) is 0 Å². The van der Waals surface area contributed by atoms with E-state index in [2.05, 4.69) is 0 Å². The molecule has 0 aromatic rings. The fourth-order valence-corrected chi connectivity index (χ4v) is 1.40. The summed E-state index contributed by atoms with van der Waals surface area (Å²) >= 11 is 0. The minimum absolute atomic E-state index is 0.170. The van der Waals surface area contributed by atoms with Gasteiger partial charge >= 0.3 is 5.97 Å². The largest absolute Gasteiger partial charge is 0.481 e. The van der Waals surface area contributed by atoms with Crippen molar-refractivity contribution in [3.05, 3.63) is 0 Å². The minimum atomic E-state index is -0.731. The monoisotopic (exact) mass is 158 g/mol. The van der Waals surface area contributed by atoms with Crippen molar-refractivity contribution in [3.63, 3.8) is 0 Å². The topological polar surface area (TPSA) is 57.5 Å². The molecular weight excluding hydrogens is 144 g/mol. The number of aliphatic carboxylic acids is 1. The highest BCUT2D eigenvalue weighted by molar-refractivity contribution is 5.71. The van der Waals surface area contributed by atoms with Gasteiger partial charge in [-0.25, -0.2) is 0 Å². The zero-order valence-corrected chi connectivity index (χ0v) is 6.87. The highest BCUT2D eigenvalue weighted by atomic mass is 16.4. The van der Waals surface area contributed by atoms with Crippen LogP contribution in [0.1, 0.15) is 26.7 Å². The van der Waals surface area contributed by atoms with Crippen LogP contribution in [0.25, 0.3) is 0 Å². The molecule has 0 spiro atoms. The van der Waals surface area contributed by atoms with Crippen LogP contribution in [0.2, 0.25) is 0 Å². The third kappa shape index (κ3) is 1.71. The van der Waals surface area contributed by atoms with Gasteiger partial charge in [0.1, 0.15) is 0 Å². The van der Waals surface area contributed by atoms with E-state index in [4.69, 9.17) is 5.11 Å². The van der Waals surface area contributed by atoms with E-state index in [1.165, 1.54) is 0 Å². The number of carboxylic acid groups (broad SMARTS) is 1. The Labute approximate surface area is 66.0 Å². The fourth-order valence-electron chi connectivity index (χ4n) is 1.40. The summed E-state index contributed by atoms with van der Waals surface area (Å²) in [4.78, 5) is 10.4. The molecule has 1 rings (SSSR count). The lowest BCUT2D eigenvalue weighted by Gasteiger charge is -2.40. The fraction of sp³-hybridized carbons (Fsp3) is 0.875. The van der Waals surface area contributed by atoms with Gasteiger partial charge in [-0.2, -0.15) is 0 Å². The molecule has 0 amide bonds. The zero-order chi connectivity index (χ0) is 8.65. The number of carboxylic acids is 1. The van der Waals surface area contributed by atoms with Crippen LogP contribution in [0.4, 0.5) is 0 Å². The van der Waals surface area contributed by atoms with Gasteiger partial charge in [-0.05, 0) is 32.6 Å². The lowest BCUT2D eigenvalue weighted by Crippen LogP contribution is -2.43. The third-order valence-electron chi connectivity index (χ3n) is 2.49. The molecule has 1 fully saturated rings. The second-order valence-corrected chi connectivity index (χ2v) is 3.86. The summed E-state index contributed by atoms with van der Waals surface area (Å²) in [6.07, 6.45) is 1.25. The van der Waals surface area contributed by atoms with Crippen molar-refractivity contribution in [2.24, 2.45) is 11.8 Å². The highest BCUT2D eigenvalue weighted by Gasteiger charge is 2.41. The van der Waals surface area contributed by atoms with Crippen molar-refractivity contribution in [2.45, 2.75) is 32.3 Å². The van der Waals surface area contributed by atoms with E-state index in [-0.39, 0.29) is 11.8 Å². The van der Waals surface area contributed by atoms with E-state index in [1.54, 1.807) is 13.8 Å². The molecule has 0 aliphatic heterocycles. The first kappa shape index (κ1) is 8.53. The maximum absolute atomic E-state index is 10.4. The Bertz CT molecular complexity index is 163. The van der Waals surface area contributed by atoms with Gasteiger partial charge in [0.05, 0.1) is 11.5 Å². The molecule has 64 valence electrons. The molecule has 0 saturated heterocycles. The molecule has 0 atom stereocenters. The molecular formula is C8H14O3. The smallest absolute Gasteiger partial charge is 0.306 e. The van der Waals surface area contributed by atoms with Crippen molar-refractivity contribution >= 4 is 5.97 Å². The van der Waals surface area contributed by atoms with Crippen LogP contribution in [-0.4, -0.2) is 21.8 Å². The van der Waals surface area contributed by atoms with Crippen molar-refractivity contribution in [1.29, 1.82) is 0 Å². The average molecular weight is 158 g/mol. The van der Waals surface area contributed by atoms with Crippen molar-refractivity contribution in [3.8, 4) is 0 Å². The van der Waals surface area contributed by atoms with Gasteiger partial charge in [-0.1, -0.05) is 0 Å².